The van der Waals surface area contributed by atoms with Gasteiger partial charge in [-0.25, -0.2) is 0 Å². The van der Waals surface area contributed by atoms with Crippen molar-refractivity contribution < 1.29 is 0 Å². The maximum Gasteiger partial charge on any atom is 0.0372 e. The molecule has 0 fully saturated rings. The summed E-state index contributed by atoms with van der Waals surface area (Å²) in [5, 5.41) is 3.27. The minimum Gasteiger partial charge on any atom is -0.388 e. The predicted molar refractivity (Wildman–Crippen MR) is 82.3 cm³/mol. The highest BCUT2D eigenvalue weighted by atomic mass is 79.9. The van der Waals surface area contributed by atoms with Crippen molar-refractivity contribution in [3.63, 3.8) is 0 Å². The van der Waals surface area contributed by atoms with E-state index in [0.29, 0.717) is 0 Å². The van der Waals surface area contributed by atoms with Gasteiger partial charge in [0, 0.05) is 17.2 Å². The summed E-state index contributed by atoms with van der Waals surface area (Å²) < 4.78 is 1.15. The van der Waals surface area contributed by atoms with Crippen LogP contribution in [0.25, 0.3) is 0 Å². The molecule has 0 aliphatic heterocycles. The summed E-state index contributed by atoms with van der Waals surface area (Å²) in [5.41, 5.74) is 5.39. The molecule has 0 aliphatic carbocycles. The molecule has 0 aromatic heterocycles. The molecule has 0 bridgehead atoms. The zero-order chi connectivity index (χ0) is 13.0. The van der Waals surface area contributed by atoms with Crippen molar-refractivity contribution >= 4 is 21.6 Å². The van der Waals surface area contributed by atoms with E-state index < -0.39 is 0 Å². The number of halogens is 1. The van der Waals surface area contributed by atoms with E-state index in [-0.39, 0.29) is 0 Å². The Morgan fingerprint density at radius 2 is 1.83 bits per heavy atom. The van der Waals surface area contributed by atoms with Gasteiger partial charge in [-0.1, -0.05) is 40.2 Å². The van der Waals surface area contributed by atoms with Gasteiger partial charge in [-0.3, -0.25) is 0 Å². The van der Waals surface area contributed by atoms with Gasteiger partial charge >= 0.3 is 0 Å². The highest BCUT2D eigenvalue weighted by Gasteiger charge is 2.04. The molecule has 0 atom stereocenters. The molecule has 2 rings (SSSR count). The standard InChI is InChI=1S/C16H18BrN/c1-12-5-3-8-16(18-2)15(12)10-9-13-6-4-7-14(17)11-13/h3-8,11,18H,9-10H2,1-2H3. The number of hydrogen-bond donors (Lipinski definition) is 1. The van der Waals surface area contributed by atoms with Crippen molar-refractivity contribution in [2.75, 3.05) is 12.4 Å². The number of hydrogen-bond acceptors (Lipinski definition) is 1. The Balaban J connectivity index is 2.15. The molecule has 2 aromatic carbocycles. The molecule has 0 radical (unpaired) electrons. The van der Waals surface area contributed by atoms with Crippen LogP contribution >= 0.6 is 15.9 Å². The Hall–Kier alpha value is -1.28. The summed E-state index contributed by atoms with van der Waals surface area (Å²) in [6, 6.07) is 15.0. The zero-order valence-corrected chi connectivity index (χ0v) is 12.4. The summed E-state index contributed by atoms with van der Waals surface area (Å²) in [7, 11) is 1.98. The van der Waals surface area contributed by atoms with Crippen LogP contribution in [0, 0.1) is 6.92 Å². The molecule has 0 unspecified atom stereocenters. The Morgan fingerprint density at radius 1 is 1.06 bits per heavy atom. The van der Waals surface area contributed by atoms with Crippen LogP contribution in [-0.4, -0.2) is 7.05 Å². The van der Waals surface area contributed by atoms with Gasteiger partial charge in [0.2, 0.25) is 0 Å². The third kappa shape index (κ3) is 3.14. The number of nitrogens with one attached hydrogen (secondary N) is 1. The van der Waals surface area contributed by atoms with Gasteiger partial charge in [0.1, 0.15) is 0 Å². The Bertz CT molecular complexity index is 534. The first-order valence-corrected chi connectivity index (χ1v) is 7.00. The third-order valence-corrected chi connectivity index (χ3v) is 3.73. The summed E-state index contributed by atoms with van der Waals surface area (Å²) in [4.78, 5) is 0. The fraction of sp³-hybridized carbons (Fsp3) is 0.250. The SMILES string of the molecule is CNc1cccc(C)c1CCc1cccc(Br)c1. The third-order valence-electron chi connectivity index (χ3n) is 3.23. The number of anilines is 1. The van der Waals surface area contributed by atoms with Crippen LogP contribution in [0.1, 0.15) is 16.7 Å². The first-order chi connectivity index (χ1) is 8.70. The van der Waals surface area contributed by atoms with Crippen LogP contribution in [-0.2, 0) is 12.8 Å². The lowest BCUT2D eigenvalue weighted by molar-refractivity contribution is 0.949. The summed E-state index contributed by atoms with van der Waals surface area (Å²) in [6.45, 7) is 2.18. The monoisotopic (exact) mass is 303 g/mol. The van der Waals surface area contributed by atoms with E-state index in [1.807, 2.05) is 7.05 Å². The van der Waals surface area contributed by atoms with Crippen molar-refractivity contribution in [3.8, 4) is 0 Å². The molecule has 94 valence electrons. The smallest absolute Gasteiger partial charge is 0.0372 e. The molecule has 0 aliphatic rings. The Morgan fingerprint density at radius 3 is 2.56 bits per heavy atom. The van der Waals surface area contributed by atoms with E-state index in [9.17, 15) is 0 Å². The molecule has 0 spiro atoms. The summed E-state index contributed by atoms with van der Waals surface area (Å²) >= 11 is 3.52. The summed E-state index contributed by atoms with van der Waals surface area (Å²) in [6.07, 6.45) is 2.14. The first kappa shape index (κ1) is 13.2. The molecule has 18 heavy (non-hydrogen) atoms. The molecule has 1 nitrogen and oxygen atoms in total. The van der Waals surface area contributed by atoms with E-state index in [1.165, 1.54) is 22.4 Å². The van der Waals surface area contributed by atoms with Crippen LogP contribution in [0.2, 0.25) is 0 Å². The lowest BCUT2D eigenvalue weighted by atomic mass is 9.99. The normalized spacial score (nSPS) is 10.4. The average Bonchev–Trinajstić information content (AvgIpc) is 2.37. The number of aryl methyl sites for hydroxylation is 2. The van der Waals surface area contributed by atoms with Crippen molar-refractivity contribution in [3.05, 3.63) is 63.6 Å². The van der Waals surface area contributed by atoms with E-state index in [0.717, 1.165) is 17.3 Å². The van der Waals surface area contributed by atoms with Gasteiger partial charge in [0.05, 0.1) is 0 Å². The molecular formula is C16H18BrN. The minimum atomic E-state index is 1.07. The fourth-order valence-electron chi connectivity index (χ4n) is 2.23. The molecular weight excluding hydrogens is 286 g/mol. The molecule has 0 amide bonds. The number of rotatable bonds is 4. The van der Waals surface area contributed by atoms with Crippen molar-refractivity contribution in [2.24, 2.45) is 0 Å². The minimum absolute atomic E-state index is 1.07. The lowest BCUT2D eigenvalue weighted by Gasteiger charge is -2.12. The second-order valence-corrected chi connectivity index (χ2v) is 5.40. The maximum absolute atomic E-state index is 3.52. The van der Waals surface area contributed by atoms with Crippen LogP contribution < -0.4 is 5.32 Å². The molecule has 1 N–H and O–H groups in total. The zero-order valence-electron chi connectivity index (χ0n) is 10.8. The van der Waals surface area contributed by atoms with Crippen LogP contribution in [0.15, 0.2) is 46.9 Å². The van der Waals surface area contributed by atoms with Crippen LogP contribution in [0.3, 0.4) is 0 Å². The van der Waals surface area contributed by atoms with Crippen LogP contribution in [0.5, 0.6) is 0 Å². The highest BCUT2D eigenvalue weighted by Crippen LogP contribution is 2.22. The maximum atomic E-state index is 3.52. The molecule has 0 saturated heterocycles. The van der Waals surface area contributed by atoms with Gasteiger partial charge in [0.25, 0.3) is 0 Å². The number of benzene rings is 2. The Labute approximate surface area is 117 Å². The quantitative estimate of drug-likeness (QED) is 0.871. The van der Waals surface area contributed by atoms with E-state index in [2.05, 4.69) is 70.6 Å². The van der Waals surface area contributed by atoms with Gasteiger partial charge in [-0.2, -0.15) is 0 Å². The van der Waals surface area contributed by atoms with Gasteiger partial charge in [-0.05, 0) is 54.7 Å². The van der Waals surface area contributed by atoms with Crippen LogP contribution in [0.4, 0.5) is 5.69 Å². The second-order valence-electron chi connectivity index (χ2n) is 4.48. The van der Waals surface area contributed by atoms with E-state index >= 15 is 0 Å². The summed E-state index contributed by atoms with van der Waals surface area (Å²) in [5.74, 6) is 0. The topological polar surface area (TPSA) is 12.0 Å². The second kappa shape index (κ2) is 6.05. The van der Waals surface area contributed by atoms with Crippen molar-refractivity contribution in [2.45, 2.75) is 19.8 Å². The molecule has 2 aromatic rings. The van der Waals surface area contributed by atoms with Gasteiger partial charge in [-0.15, -0.1) is 0 Å². The van der Waals surface area contributed by atoms with Crippen molar-refractivity contribution in [1.29, 1.82) is 0 Å². The van der Waals surface area contributed by atoms with E-state index in [1.54, 1.807) is 0 Å². The Kier molecular flexibility index (Phi) is 4.43. The fourth-order valence-corrected chi connectivity index (χ4v) is 2.68. The van der Waals surface area contributed by atoms with E-state index in [4.69, 9.17) is 0 Å². The molecule has 0 saturated carbocycles. The molecule has 2 heteroatoms. The van der Waals surface area contributed by atoms with Gasteiger partial charge in [0.15, 0.2) is 0 Å². The van der Waals surface area contributed by atoms with Gasteiger partial charge < -0.3 is 5.32 Å². The molecule has 0 heterocycles. The van der Waals surface area contributed by atoms with Crippen molar-refractivity contribution in [1.82, 2.24) is 0 Å². The largest absolute Gasteiger partial charge is 0.388 e. The lowest BCUT2D eigenvalue weighted by Crippen LogP contribution is -2.00. The average molecular weight is 304 g/mol. The highest BCUT2D eigenvalue weighted by molar-refractivity contribution is 9.10. The predicted octanol–water partition coefficient (Wildman–Crippen LogP) is 4.58. The first-order valence-electron chi connectivity index (χ1n) is 6.21.